The highest BCUT2D eigenvalue weighted by Gasteiger charge is 2.05. The van der Waals surface area contributed by atoms with E-state index in [1.165, 1.54) is 6.33 Å². The van der Waals surface area contributed by atoms with E-state index in [2.05, 4.69) is 15.3 Å². The molecule has 0 aliphatic rings. The topological polar surface area (TPSA) is 73.1 Å². The van der Waals surface area contributed by atoms with E-state index in [0.29, 0.717) is 5.82 Å². The molecule has 5 heteroatoms. The van der Waals surface area contributed by atoms with E-state index in [-0.39, 0.29) is 0 Å². The second-order valence-electron chi connectivity index (χ2n) is 3.21. The summed E-state index contributed by atoms with van der Waals surface area (Å²) in [5, 5.41) is 3.23. The summed E-state index contributed by atoms with van der Waals surface area (Å²) in [6, 6.07) is 0. The Hall–Kier alpha value is -1.36. The van der Waals surface area contributed by atoms with Crippen molar-refractivity contribution in [1.29, 1.82) is 0 Å². The summed E-state index contributed by atoms with van der Waals surface area (Å²) < 4.78 is 4.96. The summed E-state index contributed by atoms with van der Waals surface area (Å²) in [4.78, 5) is 8.12. The second-order valence-corrected chi connectivity index (χ2v) is 3.21. The lowest BCUT2D eigenvalue weighted by Gasteiger charge is -2.10. The summed E-state index contributed by atoms with van der Waals surface area (Å²) in [6.07, 6.45) is 3.26. The quantitative estimate of drug-likeness (QED) is 0.687. The van der Waals surface area contributed by atoms with Crippen molar-refractivity contribution in [3.05, 3.63) is 11.9 Å². The number of nitrogen functional groups attached to an aromatic ring is 1. The molecule has 0 fully saturated rings. The van der Waals surface area contributed by atoms with Gasteiger partial charge in [0.2, 0.25) is 0 Å². The summed E-state index contributed by atoms with van der Waals surface area (Å²) in [5.41, 5.74) is 6.73. The lowest BCUT2D eigenvalue weighted by molar-refractivity contribution is 0.197. The Kier molecular flexibility index (Phi) is 4.83. The molecule has 0 amide bonds. The molecule has 0 atom stereocenters. The van der Waals surface area contributed by atoms with Crippen LogP contribution < -0.4 is 11.1 Å². The minimum Gasteiger partial charge on any atom is -0.385 e. The zero-order valence-corrected chi connectivity index (χ0v) is 9.29. The molecular weight excluding hydrogens is 192 g/mol. The van der Waals surface area contributed by atoms with Crippen molar-refractivity contribution in [2.24, 2.45) is 0 Å². The fourth-order valence-corrected chi connectivity index (χ4v) is 1.35. The average Bonchev–Trinajstić information content (AvgIpc) is 2.24. The van der Waals surface area contributed by atoms with E-state index in [1.54, 1.807) is 7.11 Å². The molecule has 1 aromatic heterocycles. The van der Waals surface area contributed by atoms with Crippen molar-refractivity contribution >= 4 is 11.6 Å². The molecule has 0 aliphatic heterocycles. The van der Waals surface area contributed by atoms with Crippen molar-refractivity contribution in [3.8, 4) is 0 Å². The summed E-state index contributed by atoms with van der Waals surface area (Å²) in [6.45, 7) is 3.61. The number of hydrogen-bond acceptors (Lipinski definition) is 5. The Balaban J connectivity index is 2.56. The highest BCUT2D eigenvalue weighted by molar-refractivity contribution is 5.54. The van der Waals surface area contributed by atoms with Gasteiger partial charge in [0.15, 0.2) is 0 Å². The van der Waals surface area contributed by atoms with Crippen LogP contribution in [-0.2, 0) is 11.2 Å². The van der Waals surface area contributed by atoms with Crippen LogP contribution in [0.4, 0.5) is 11.6 Å². The summed E-state index contributed by atoms with van der Waals surface area (Å²) in [7, 11) is 1.69. The van der Waals surface area contributed by atoms with Gasteiger partial charge in [-0.3, -0.25) is 0 Å². The zero-order valence-electron chi connectivity index (χ0n) is 9.29. The van der Waals surface area contributed by atoms with Gasteiger partial charge in [-0.2, -0.15) is 0 Å². The Morgan fingerprint density at radius 1 is 1.47 bits per heavy atom. The maximum Gasteiger partial charge on any atom is 0.134 e. The van der Waals surface area contributed by atoms with Gasteiger partial charge < -0.3 is 15.8 Å². The van der Waals surface area contributed by atoms with Gasteiger partial charge >= 0.3 is 0 Å². The first kappa shape index (κ1) is 11.7. The van der Waals surface area contributed by atoms with E-state index < -0.39 is 0 Å². The SMILES string of the molecule is CCc1c(N)ncnc1NCCCOC. The molecule has 0 spiro atoms. The van der Waals surface area contributed by atoms with Crippen LogP contribution in [0.25, 0.3) is 0 Å². The summed E-state index contributed by atoms with van der Waals surface area (Å²) >= 11 is 0. The van der Waals surface area contributed by atoms with Crippen LogP contribution >= 0.6 is 0 Å². The number of nitrogens with zero attached hydrogens (tertiary/aromatic N) is 2. The normalized spacial score (nSPS) is 10.3. The van der Waals surface area contributed by atoms with Crippen molar-refractivity contribution < 1.29 is 4.74 Å². The van der Waals surface area contributed by atoms with Crippen LogP contribution in [0.1, 0.15) is 18.9 Å². The number of rotatable bonds is 6. The number of nitrogens with one attached hydrogen (secondary N) is 1. The van der Waals surface area contributed by atoms with E-state index in [4.69, 9.17) is 10.5 Å². The maximum atomic E-state index is 5.75. The minimum absolute atomic E-state index is 0.557. The molecule has 0 radical (unpaired) electrons. The maximum absolute atomic E-state index is 5.75. The average molecular weight is 210 g/mol. The molecule has 1 heterocycles. The standard InChI is InChI=1S/C10H18N4O/c1-3-8-9(11)13-7-14-10(8)12-5-4-6-15-2/h7H,3-6H2,1-2H3,(H3,11,12,13,14). The molecule has 1 rings (SSSR count). The van der Waals surface area contributed by atoms with Gasteiger partial charge in [-0.25, -0.2) is 9.97 Å². The van der Waals surface area contributed by atoms with Crippen LogP contribution in [0.2, 0.25) is 0 Å². The van der Waals surface area contributed by atoms with Crippen LogP contribution in [0.5, 0.6) is 0 Å². The van der Waals surface area contributed by atoms with Gasteiger partial charge in [-0.15, -0.1) is 0 Å². The molecule has 5 nitrogen and oxygen atoms in total. The molecule has 0 aromatic carbocycles. The van der Waals surface area contributed by atoms with E-state index in [1.807, 2.05) is 6.92 Å². The first-order valence-electron chi connectivity index (χ1n) is 5.11. The first-order valence-corrected chi connectivity index (χ1v) is 5.11. The molecular formula is C10H18N4O. The number of aromatic nitrogens is 2. The van der Waals surface area contributed by atoms with Crippen LogP contribution in [0.3, 0.4) is 0 Å². The van der Waals surface area contributed by atoms with Gasteiger partial charge in [-0.05, 0) is 12.8 Å². The molecule has 15 heavy (non-hydrogen) atoms. The van der Waals surface area contributed by atoms with E-state index in [0.717, 1.165) is 37.4 Å². The van der Waals surface area contributed by atoms with Crippen LogP contribution in [0, 0.1) is 0 Å². The fraction of sp³-hybridized carbons (Fsp3) is 0.600. The van der Waals surface area contributed by atoms with Gasteiger partial charge in [0.05, 0.1) is 0 Å². The molecule has 0 saturated carbocycles. The molecule has 0 saturated heterocycles. The van der Waals surface area contributed by atoms with Gasteiger partial charge in [-0.1, -0.05) is 6.92 Å². The second kappa shape index (κ2) is 6.19. The highest BCUT2D eigenvalue weighted by atomic mass is 16.5. The number of nitrogens with two attached hydrogens (primary N) is 1. The van der Waals surface area contributed by atoms with Crippen LogP contribution in [-0.4, -0.2) is 30.2 Å². The van der Waals surface area contributed by atoms with Gasteiger partial charge in [0.25, 0.3) is 0 Å². The molecule has 0 bridgehead atoms. The Morgan fingerprint density at radius 3 is 2.93 bits per heavy atom. The molecule has 0 aliphatic carbocycles. The molecule has 84 valence electrons. The van der Waals surface area contributed by atoms with Crippen molar-refractivity contribution in [2.45, 2.75) is 19.8 Å². The third-order valence-electron chi connectivity index (χ3n) is 2.15. The van der Waals surface area contributed by atoms with Gasteiger partial charge in [0, 0.05) is 25.8 Å². The molecule has 3 N–H and O–H groups in total. The number of ether oxygens (including phenoxy) is 1. The van der Waals surface area contributed by atoms with E-state index >= 15 is 0 Å². The predicted molar refractivity (Wildman–Crippen MR) is 60.8 cm³/mol. The number of methoxy groups -OCH3 is 1. The molecule has 0 unspecified atom stereocenters. The Labute approximate surface area is 90.1 Å². The van der Waals surface area contributed by atoms with Gasteiger partial charge in [0.1, 0.15) is 18.0 Å². The first-order chi connectivity index (χ1) is 7.29. The monoisotopic (exact) mass is 210 g/mol. The van der Waals surface area contributed by atoms with Crippen molar-refractivity contribution in [3.63, 3.8) is 0 Å². The third kappa shape index (κ3) is 3.36. The largest absolute Gasteiger partial charge is 0.385 e. The highest BCUT2D eigenvalue weighted by Crippen LogP contribution is 2.17. The minimum atomic E-state index is 0.557. The predicted octanol–water partition coefficient (Wildman–Crippen LogP) is 1.07. The van der Waals surface area contributed by atoms with Crippen molar-refractivity contribution in [1.82, 2.24) is 9.97 Å². The number of hydrogen-bond donors (Lipinski definition) is 2. The summed E-state index contributed by atoms with van der Waals surface area (Å²) in [5.74, 6) is 1.39. The van der Waals surface area contributed by atoms with Crippen LogP contribution in [0.15, 0.2) is 6.33 Å². The lowest BCUT2D eigenvalue weighted by Crippen LogP contribution is -2.10. The van der Waals surface area contributed by atoms with E-state index in [9.17, 15) is 0 Å². The number of anilines is 2. The third-order valence-corrected chi connectivity index (χ3v) is 2.15. The Morgan fingerprint density at radius 2 is 2.27 bits per heavy atom. The van der Waals surface area contributed by atoms with Crippen molar-refractivity contribution in [2.75, 3.05) is 31.3 Å². The Bertz CT molecular complexity index is 303. The molecule has 1 aromatic rings. The zero-order chi connectivity index (χ0) is 11.1. The fourth-order valence-electron chi connectivity index (χ4n) is 1.35. The smallest absolute Gasteiger partial charge is 0.134 e. The lowest BCUT2D eigenvalue weighted by atomic mass is 10.2.